The number of carbonyl (C=O) groups excluding carboxylic acids is 1. The number of rotatable bonds is 3. The van der Waals surface area contributed by atoms with Gasteiger partial charge in [0, 0.05) is 13.2 Å². The van der Waals surface area contributed by atoms with Gasteiger partial charge in [0.05, 0.1) is 24.3 Å². The van der Waals surface area contributed by atoms with E-state index in [1.54, 1.807) is 25.6 Å². The fourth-order valence-electron chi connectivity index (χ4n) is 1.38. The van der Waals surface area contributed by atoms with E-state index in [-0.39, 0.29) is 11.6 Å². The molecule has 0 fully saturated rings. The van der Waals surface area contributed by atoms with Gasteiger partial charge in [-0.1, -0.05) is 0 Å². The molecule has 18 heavy (non-hydrogen) atoms. The van der Waals surface area contributed by atoms with Gasteiger partial charge in [0.2, 0.25) is 0 Å². The van der Waals surface area contributed by atoms with E-state index in [2.05, 4.69) is 25.6 Å². The summed E-state index contributed by atoms with van der Waals surface area (Å²) in [7, 11) is 1.72. The van der Waals surface area contributed by atoms with Crippen LogP contribution in [0.25, 0.3) is 0 Å². The standard InChI is InChI=1S/C12H13N5O/c1-8-3-4-14-5-9(8)17-12(18)10-6-15-7-11(13-2)16-10/h3-7H,1-2H3,(H,13,16)(H,17,18). The zero-order valence-corrected chi connectivity index (χ0v) is 10.1. The number of nitrogens with one attached hydrogen (secondary N) is 2. The maximum Gasteiger partial charge on any atom is 0.276 e. The summed E-state index contributed by atoms with van der Waals surface area (Å²) in [6, 6.07) is 1.82. The molecule has 0 bridgehead atoms. The number of hydrogen-bond donors (Lipinski definition) is 2. The molecular formula is C12H13N5O. The summed E-state index contributed by atoms with van der Waals surface area (Å²) in [4.78, 5) is 24.0. The summed E-state index contributed by atoms with van der Waals surface area (Å²) in [6.45, 7) is 1.90. The number of carbonyl (C=O) groups is 1. The average Bonchev–Trinajstić information content (AvgIpc) is 2.41. The number of aromatic nitrogens is 3. The Labute approximate surface area is 105 Å². The minimum Gasteiger partial charge on any atom is -0.372 e. The van der Waals surface area contributed by atoms with Gasteiger partial charge in [0.25, 0.3) is 5.91 Å². The predicted molar refractivity (Wildman–Crippen MR) is 68.5 cm³/mol. The Kier molecular flexibility index (Phi) is 3.47. The highest BCUT2D eigenvalue weighted by Crippen LogP contribution is 2.12. The molecule has 2 heterocycles. The molecule has 6 nitrogen and oxygen atoms in total. The highest BCUT2D eigenvalue weighted by molar-refractivity contribution is 6.03. The van der Waals surface area contributed by atoms with Gasteiger partial charge in [-0.15, -0.1) is 0 Å². The van der Waals surface area contributed by atoms with Crippen LogP contribution in [0.3, 0.4) is 0 Å². The van der Waals surface area contributed by atoms with Crippen molar-refractivity contribution in [3.8, 4) is 0 Å². The first kappa shape index (κ1) is 12.0. The van der Waals surface area contributed by atoms with Gasteiger partial charge in [-0.2, -0.15) is 0 Å². The summed E-state index contributed by atoms with van der Waals surface area (Å²) in [6.07, 6.45) is 6.24. The third-order valence-electron chi connectivity index (χ3n) is 2.41. The van der Waals surface area contributed by atoms with Crippen LogP contribution in [-0.4, -0.2) is 27.9 Å². The van der Waals surface area contributed by atoms with Gasteiger partial charge >= 0.3 is 0 Å². The van der Waals surface area contributed by atoms with E-state index in [0.717, 1.165) is 5.56 Å². The molecule has 2 aromatic heterocycles. The van der Waals surface area contributed by atoms with Crippen molar-refractivity contribution in [2.75, 3.05) is 17.7 Å². The van der Waals surface area contributed by atoms with E-state index in [1.807, 2.05) is 13.0 Å². The maximum absolute atomic E-state index is 12.0. The van der Waals surface area contributed by atoms with Crippen molar-refractivity contribution in [1.29, 1.82) is 0 Å². The maximum atomic E-state index is 12.0. The van der Waals surface area contributed by atoms with Gasteiger partial charge in [0.1, 0.15) is 11.5 Å². The summed E-state index contributed by atoms with van der Waals surface area (Å²) in [5.74, 6) is 0.237. The first-order valence-electron chi connectivity index (χ1n) is 5.42. The number of aryl methyl sites for hydroxylation is 1. The second kappa shape index (κ2) is 5.22. The van der Waals surface area contributed by atoms with Crippen LogP contribution in [-0.2, 0) is 0 Å². The molecule has 2 aromatic rings. The van der Waals surface area contributed by atoms with Gasteiger partial charge in [0.15, 0.2) is 0 Å². The number of anilines is 2. The van der Waals surface area contributed by atoms with Crippen LogP contribution < -0.4 is 10.6 Å². The zero-order valence-electron chi connectivity index (χ0n) is 10.1. The molecule has 0 saturated carbocycles. The Morgan fingerprint density at radius 2 is 2.06 bits per heavy atom. The van der Waals surface area contributed by atoms with Gasteiger partial charge in [-0.25, -0.2) is 4.98 Å². The van der Waals surface area contributed by atoms with E-state index in [0.29, 0.717) is 11.5 Å². The molecule has 0 unspecified atom stereocenters. The lowest BCUT2D eigenvalue weighted by Gasteiger charge is -2.07. The van der Waals surface area contributed by atoms with Crippen LogP contribution in [0.1, 0.15) is 16.1 Å². The highest BCUT2D eigenvalue weighted by Gasteiger charge is 2.10. The highest BCUT2D eigenvalue weighted by atomic mass is 16.1. The number of hydrogen-bond acceptors (Lipinski definition) is 5. The molecule has 0 aliphatic carbocycles. The van der Waals surface area contributed by atoms with E-state index in [9.17, 15) is 4.79 Å². The van der Waals surface area contributed by atoms with Crippen LogP contribution in [0.2, 0.25) is 0 Å². The fourth-order valence-corrected chi connectivity index (χ4v) is 1.38. The Morgan fingerprint density at radius 1 is 1.22 bits per heavy atom. The third-order valence-corrected chi connectivity index (χ3v) is 2.41. The van der Waals surface area contributed by atoms with Crippen molar-refractivity contribution in [2.45, 2.75) is 6.92 Å². The lowest BCUT2D eigenvalue weighted by Crippen LogP contribution is -2.15. The van der Waals surface area contributed by atoms with E-state index < -0.39 is 0 Å². The Hall–Kier alpha value is -2.50. The number of nitrogens with zero attached hydrogens (tertiary/aromatic N) is 3. The third kappa shape index (κ3) is 2.60. The molecular weight excluding hydrogens is 230 g/mol. The van der Waals surface area contributed by atoms with Crippen molar-refractivity contribution < 1.29 is 4.79 Å². The summed E-state index contributed by atoms with van der Waals surface area (Å²) >= 11 is 0. The second-order valence-electron chi connectivity index (χ2n) is 3.68. The van der Waals surface area contributed by atoms with Crippen LogP contribution in [0.4, 0.5) is 11.5 Å². The van der Waals surface area contributed by atoms with Gasteiger partial charge in [-0.05, 0) is 18.6 Å². The van der Waals surface area contributed by atoms with Crippen molar-refractivity contribution in [2.24, 2.45) is 0 Å². The lowest BCUT2D eigenvalue weighted by molar-refractivity contribution is 0.102. The SMILES string of the molecule is CNc1cncc(C(=O)Nc2cnccc2C)n1. The smallest absolute Gasteiger partial charge is 0.276 e. The molecule has 0 atom stereocenters. The van der Waals surface area contributed by atoms with Crippen LogP contribution >= 0.6 is 0 Å². The average molecular weight is 243 g/mol. The van der Waals surface area contributed by atoms with Gasteiger partial charge < -0.3 is 10.6 Å². The summed E-state index contributed by atoms with van der Waals surface area (Å²) < 4.78 is 0. The molecule has 0 radical (unpaired) electrons. The van der Waals surface area contributed by atoms with E-state index in [4.69, 9.17) is 0 Å². The van der Waals surface area contributed by atoms with Gasteiger partial charge in [-0.3, -0.25) is 14.8 Å². The molecule has 0 saturated heterocycles. The number of pyridine rings is 1. The van der Waals surface area contributed by atoms with E-state index >= 15 is 0 Å². The van der Waals surface area contributed by atoms with Crippen molar-refractivity contribution in [3.63, 3.8) is 0 Å². The predicted octanol–water partition coefficient (Wildman–Crippen LogP) is 1.47. The molecule has 1 amide bonds. The molecule has 0 aromatic carbocycles. The van der Waals surface area contributed by atoms with Crippen molar-refractivity contribution in [3.05, 3.63) is 42.1 Å². The summed E-state index contributed by atoms with van der Waals surface area (Å²) in [5.41, 5.74) is 1.86. The van der Waals surface area contributed by atoms with Crippen LogP contribution in [0.5, 0.6) is 0 Å². The molecule has 0 spiro atoms. The zero-order chi connectivity index (χ0) is 13.0. The van der Waals surface area contributed by atoms with Crippen molar-refractivity contribution in [1.82, 2.24) is 15.0 Å². The Morgan fingerprint density at radius 3 is 2.78 bits per heavy atom. The Balaban J connectivity index is 2.19. The van der Waals surface area contributed by atoms with Crippen LogP contribution in [0, 0.1) is 6.92 Å². The molecule has 2 rings (SSSR count). The number of amides is 1. The normalized spacial score (nSPS) is 9.89. The first-order chi connectivity index (χ1) is 8.70. The lowest BCUT2D eigenvalue weighted by atomic mass is 10.2. The molecule has 0 aliphatic rings. The topological polar surface area (TPSA) is 79.8 Å². The van der Waals surface area contributed by atoms with Crippen molar-refractivity contribution >= 4 is 17.4 Å². The Bertz CT molecular complexity index is 570. The first-order valence-corrected chi connectivity index (χ1v) is 5.42. The summed E-state index contributed by atoms with van der Waals surface area (Å²) in [5, 5.41) is 5.58. The molecule has 2 N–H and O–H groups in total. The molecule has 92 valence electrons. The largest absolute Gasteiger partial charge is 0.372 e. The molecule has 6 heteroatoms. The second-order valence-corrected chi connectivity index (χ2v) is 3.68. The van der Waals surface area contributed by atoms with E-state index in [1.165, 1.54) is 6.20 Å². The quantitative estimate of drug-likeness (QED) is 0.853. The minimum absolute atomic E-state index is 0.255. The molecule has 0 aliphatic heterocycles. The van der Waals surface area contributed by atoms with Crippen LogP contribution in [0.15, 0.2) is 30.9 Å². The minimum atomic E-state index is -0.310. The fraction of sp³-hybridized carbons (Fsp3) is 0.167. The monoisotopic (exact) mass is 243 g/mol.